The second kappa shape index (κ2) is 11.8. The third-order valence-electron chi connectivity index (χ3n) is 4.90. The average molecular weight is 433 g/mol. The zero-order valence-electron chi connectivity index (χ0n) is 18.4. The zero-order chi connectivity index (χ0) is 22.8. The summed E-state index contributed by atoms with van der Waals surface area (Å²) < 4.78 is 10.2. The van der Waals surface area contributed by atoms with Crippen molar-refractivity contribution in [3.05, 3.63) is 106 Å². The van der Waals surface area contributed by atoms with Crippen LogP contribution >= 0.6 is 0 Å². The molecule has 0 radical (unpaired) electrons. The lowest BCUT2D eigenvalue weighted by Crippen LogP contribution is -2.24. The Balaban J connectivity index is 1.55. The van der Waals surface area contributed by atoms with Crippen molar-refractivity contribution >= 4 is 11.8 Å². The first-order valence-electron chi connectivity index (χ1n) is 10.4. The van der Waals surface area contributed by atoms with Crippen LogP contribution in [0.1, 0.15) is 43.0 Å². The fourth-order valence-corrected chi connectivity index (χ4v) is 3.36. The number of amides is 2. The smallest absolute Gasteiger partial charge is 0.251 e. The summed E-state index contributed by atoms with van der Waals surface area (Å²) in [5.74, 6) is -0.282. The number of benzene rings is 3. The van der Waals surface area contributed by atoms with Gasteiger partial charge in [-0.05, 0) is 46.5 Å². The maximum absolute atomic E-state index is 12.5. The van der Waals surface area contributed by atoms with Gasteiger partial charge in [-0.2, -0.15) is 0 Å². The highest BCUT2D eigenvalue weighted by Crippen LogP contribution is 2.10. The van der Waals surface area contributed by atoms with Crippen molar-refractivity contribution in [2.45, 2.75) is 26.3 Å². The number of ether oxygens (including phenoxy) is 2. The van der Waals surface area contributed by atoms with Crippen molar-refractivity contribution in [2.75, 3.05) is 14.2 Å². The molecule has 32 heavy (non-hydrogen) atoms. The summed E-state index contributed by atoms with van der Waals surface area (Å²) in [6, 6.07) is 22.5. The molecule has 0 fully saturated rings. The first kappa shape index (κ1) is 23.2. The Morgan fingerprint density at radius 1 is 0.625 bits per heavy atom. The molecule has 0 spiro atoms. The minimum atomic E-state index is -0.141. The maximum Gasteiger partial charge on any atom is 0.251 e. The molecule has 2 N–H and O–H groups in total. The van der Waals surface area contributed by atoms with Crippen molar-refractivity contribution in [2.24, 2.45) is 0 Å². The Bertz CT molecular complexity index is 984. The molecule has 0 saturated carbocycles. The van der Waals surface area contributed by atoms with Crippen LogP contribution in [0.15, 0.2) is 72.8 Å². The molecule has 0 aliphatic carbocycles. The summed E-state index contributed by atoms with van der Waals surface area (Å²) in [7, 11) is 3.25. The van der Waals surface area contributed by atoms with Crippen LogP contribution in [0.5, 0.6) is 0 Å². The van der Waals surface area contributed by atoms with E-state index in [1.54, 1.807) is 26.4 Å². The Kier molecular flexibility index (Phi) is 8.54. The zero-order valence-corrected chi connectivity index (χ0v) is 18.4. The van der Waals surface area contributed by atoms with E-state index in [0.29, 0.717) is 37.4 Å². The summed E-state index contributed by atoms with van der Waals surface area (Å²) in [6.07, 6.45) is 0. The van der Waals surface area contributed by atoms with E-state index in [2.05, 4.69) is 10.6 Å². The van der Waals surface area contributed by atoms with E-state index < -0.39 is 0 Å². The van der Waals surface area contributed by atoms with Gasteiger partial charge in [0.2, 0.25) is 0 Å². The monoisotopic (exact) mass is 432 g/mol. The second-order valence-corrected chi connectivity index (χ2v) is 7.45. The van der Waals surface area contributed by atoms with Gasteiger partial charge in [-0.15, -0.1) is 0 Å². The summed E-state index contributed by atoms with van der Waals surface area (Å²) in [4.78, 5) is 25.0. The van der Waals surface area contributed by atoms with Crippen molar-refractivity contribution in [1.82, 2.24) is 10.6 Å². The van der Waals surface area contributed by atoms with Gasteiger partial charge in [0.05, 0.1) is 13.2 Å². The largest absolute Gasteiger partial charge is 0.380 e. The van der Waals surface area contributed by atoms with Gasteiger partial charge < -0.3 is 20.1 Å². The molecule has 0 atom stereocenters. The van der Waals surface area contributed by atoms with E-state index in [-0.39, 0.29) is 11.8 Å². The van der Waals surface area contributed by atoms with Crippen molar-refractivity contribution < 1.29 is 19.1 Å². The minimum Gasteiger partial charge on any atom is -0.380 e. The number of nitrogens with one attached hydrogen (secondary N) is 2. The predicted molar refractivity (Wildman–Crippen MR) is 123 cm³/mol. The molecule has 3 aromatic rings. The van der Waals surface area contributed by atoms with E-state index in [4.69, 9.17) is 9.47 Å². The molecule has 6 heteroatoms. The van der Waals surface area contributed by atoms with E-state index in [1.807, 2.05) is 60.7 Å². The lowest BCUT2D eigenvalue weighted by atomic mass is 10.1. The fourth-order valence-electron chi connectivity index (χ4n) is 3.36. The first-order valence-corrected chi connectivity index (χ1v) is 10.4. The number of methoxy groups -OCH3 is 2. The minimum absolute atomic E-state index is 0.141. The molecular weight excluding hydrogens is 404 g/mol. The van der Waals surface area contributed by atoms with Crippen LogP contribution in [-0.2, 0) is 35.8 Å². The molecule has 6 nitrogen and oxygen atoms in total. The Labute approximate surface area is 188 Å². The van der Waals surface area contributed by atoms with Gasteiger partial charge in [0.25, 0.3) is 11.8 Å². The number of hydrogen-bond donors (Lipinski definition) is 2. The standard InChI is InChI=1S/C26H28N2O4/c1-31-17-21-8-4-10-23(13-21)25(29)27-15-19-6-3-7-20(12-19)16-28-26(30)24-11-5-9-22(14-24)18-32-2/h3-14H,15-18H2,1-2H3,(H,27,29)(H,28,30). The molecule has 0 heterocycles. The number of rotatable bonds is 10. The van der Waals surface area contributed by atoms with Gasteiger partial charge in [-0.25, -0.2) is 0 Å². The number of carbonyl (C=O) groups excluding carboxylic acids is 2. The van der Waals surface area contributed by atoms with E-state index in [1.165, 1.54) is 0 Å². The molecule has 0 aromatic heterocycles. The summed E-state index contributed by atoms with van der Waals surface area (Å²) in [5, 5.41) is 5.88. The van der Waals surface area contributed by atoms with Crippen molar-refractivity contribution in [3.8, 4) is 0 Å². The topological polar surface area (TPSA) is 76.7 Å². The quantitative estimate of drug-likeness (QED) is 0.510. The van der Waals surface area contributed by atoms with Gasteiger partial charge in [0.15, 0.2) is 0 Å². The third-order valence-corrected chi connectivity index (χ3v) is 4.90. The highest BCUT2D eigenvalue weighted by atomic mass is 16.5. The normalized spacial score (nSPS) is 10.6. The molecule has 2 amide bonds. The molecule has 0 saturated heterocycles. The lowest BCUT2D eigenvalue weighted by Gasteiger charge is -2.10. The number of hydrogen-bond acceptors (Lipinski definition) is 4. The molecule has 3 rings (SSSR count). The fraction of sp³-hybridized carbons (Fsp3) is 0.231. The van der Waals surface area contributed by atoms with Crippen molar-refractivity contribution in [3.63, 3.8) is 0 Å². The van der Waals surface area contributed by atoms with Gasteiger partial charge >= 0.3 is 0 Å². The van der Waals surface area contributed by atoms with Crippen LogP contribution in [0.4, 0.5) is 0 Å². The first-order chi connectivity index (χ1) is 15.6. The molecule has 0 unspecified atom stereocenters. The van der Waals surface area contributed by atoms with Gasteiger partial charge in [0.1, 0.15) is 0 Å². The Morgan fingerprint density at radius 2 is 1.03 bits per heavy atom. The van der Waals surface area contributed by atoms with Crippen LogP contribution < -0.4 is 10.6 Å². The van der Waals surface area contributed by atoms with Crippen LogP contribution in [-0.4, -0.2) is 26.0 Å². The summed E-state index contributed by atoms with van der Waals surface area (Å²) in [6.45, 7) is 1.72. The second-order valence-electron chi connectivity index (χ2n) is 7.45. The van der Waals surface area contributed by atoms with E-state index in [9.17, 15) is 9.59 Å². The SMILES string of the molecule is COCc1cccc(C(=O)NCc2cccc(CNC(=O)c3cccc(COC)c3)c2)c1. The molecule has 0 bridgehead atoms. The molecule has 0 aliphatic rings. The van der Waals surface area contributed by atoms with Crippen LogP contribution in [0.25, 0.3) is 0 Å². The Morgan fingerprint density at radius 3 is 1.47 bits per heavy atom. The summed E-state index contributed by atoms with van der Waals surface area (Å²) in [5.41, 5.74) is 5.01. The van der Waals surface area contributed by atoms with Gasteiger partial charge in [-0.3, -0.25) is 9.59 Å². The average Bonchev–Trinajstić information content (AvgIpc) is 2.82. The molecule has 3 aromatic carbocycles. The van der Waals surface area contributed by atoms with Crippen molar-refractivity contribution in [1.29, 1.82) is 0 Å². The van der Waals surface area contributed by atoms with E-state index >= 15 is 0 Å². The number of carbonyl (C=O) groups is 2. The highest BCUT2D eigenvalue weighted by molar-refractivity contribution is 5.94. The molecular formula is C26H28N2O4. The van der Waals surface area contributed by atoms with E-state index in [0.717, 1.165) is 22.3 Å². The summed E-state index contributed by atoms with van der Waals surface area (Å²) >= 11 is 0. The van der Waals surface area contributed by atoms with Crippen LogP contribution in [0.2, 0.25) is 0 Å². The maximum atomic E-state index is 12.5. The Hall–Kier alpha value is -3.48. The van der Waals surface area contributed by atoms with Gasteiger partial charge in [0, 0.05) is 38.4 Å². The molecule has 166 valence electrons. The van der Waals surface area contributed by atoms with Crippen LogP contribution in [0, 0.1) is 0 Å². The van der Waals surface area contributed by atoms with Crippen LogP contribution in [0.3, 0.4) is 0 Å². The molecule has 0 aliphatic heterocycles. The highest BCUT2D eigenvalue weighted by Gasteiger charge is 2.08. The lowest BCUT2D eigenvalue weighted by molar-refractivity contribution is 0.0943. The third kappa shape index (κ3) is 6.77. The predicted octanol–water partition coefficient (Wildman–Crippen LogP) is 3.84. The van der Waals surface area contributed by atoms with Gasteiger partial charge in [-0.1, -0.05) is 48.5 Å².